The second kappa shape index (κ2) is 7.53. The second-order valence-corrected chi connectivity index (χ2v) is 5.98. The van der Waals surface area contributed by atoms with Gasteiger partial charge >= 0.3 is 22.4 Å². The number of nitrogens with zero attached hydrogens (tertiary/aromatic N) is 1. The summed E-state index contributed by atoms with van der Waals surface area (Å²) in [5.74, 6) is 0. The monoisotopic (exact) mass is 392 g/mol. The van der Waals surface area contributed by atoms with Gasteiger partial charge in [0, 0.05) is 12.8 Å². The van der Waals surface area contributed by atoms with E-state index in [1.54, 1.807) is 19.2 Å². The molecule has 0 radical (unpaired) electrons. The van der Waals surface area contributed by atoms with Crippen molar-refractivity contribution in [1.29, 1.82) is 0 Å². The molecule has 4 N–H and O–H groups in total. The summed E-state index contributed by atoms with van der Waals surface area (Å²) in [4.78, 5) is 0.178. The summed E-state index contributed by atoms with van der Waals surface area (Å²) < 4.78 is 31.8. The van der Waals surface area contributed by atoms with Gasteiger partial charge in [-0.15, -0.1) is 0 Å². The van der Waals surface area contributed by atoms with E-state index in [-0.39, 0.29) is 33.5 Å². The van der Waals surface area contributed by atoms with Crippen molar-refractivity contribution >= 4 is 15.7 Å². The molecule has 0 aromatic heterocycles. The molecule has 1 heterocycles. The molecule has 20 heavy (non-hydrogen) atoms. The minimum absolute atomic E-state index is 0. The summed E-state index contributed by atoms with van der Waals surface area (Å²) in [6.07, 6.45) is 0.625. The molecule has 0 saturated carbocycles. The molecule has 2 unspecified atom stereocenters. The minimum Gasteiger partial charge on any atom is -0.570 e. The molecule has 0 bridgehead atoms. The Morgan fingerprint density at radius 3 is 2.50 bits per heavy atom. The molecule has 9 heteroatoms. The molecule has 116 valence electrons. The number of sulfonamides is 1. The molecule has 1 aliphatic rings. The first-order valence-corrected chi connectivity index (χ1v) is 7.35. The molecule has 0 aliphatic carbocycles. The number of anilines is 1. The van der Waals surface area contributed by atoms with Crippen molar-refractivity contribution in [3.05, 3.63) is 29.7 Å². The number of nitrogens with two attached hydrogens (primary N) is 1. The summed E-state index contributed by atoms with van der Waals surface area (Å²) in [6.45, 7) is 0. The Balaban J connectivity index is 0.00000200. The van der Waals surface area contributed by atoms with Crippen LogP contribution in [0.25, 0.3) is 5.43 Å². The summed E-state index contributed by atoms with van der Waals surface area (Å²) >= 11 is 0. The van der Waals surface area contributed by atoms with Crippen LogP contribution in [0.5, 0.6) is 0 Å². The van der Waals surface area contributed by atoms with Crippen LogP contribution in [-0.4, -0.2) is 27.9 Å². The van der Waals surface area contributed by atoms with Gasteiger partial charge in [-0.1, -0.05) is 0 Å². The predicted octanol–water partition coefficient (Wildman–Crippen LogP) is 0.515. The van der Waals surface area contributed by atoms with E-state index in [0.29, 0.717) is 18.5 Å². The summed E-state index contributed by atoms with van der Waals surface area (Å²) in [5, 5.41) is 0. The van der Waals surface area contributed by atoms with E-state index in [1.807, 2.05) is 0 Å². The third-order valence-corrected chi connectivity index (χ3v) is 4.32. The fourth-order valence-corrected chi connectivity index (χ4v) is 2.95. The second-order valence-electron chi connectivity index (χ2n) is 4.27. The number of hydrogen-bond acceptors (Lipinski definition) is 5. The number of ether oxygens (including phenoxy) is 1. The molecule has 1 saturated heterocycles. The van der Waals surface area contributed by atoms with Gasteiger partial charge in [0.05, 0.1) is 11.1 Å². The van der Waals surface area contributed by atoms with Crippen molar-refractivity contribution in [1.82, 2.24) is 10.1 Å². The van der Waals surface area contributed by atoms with E-state index in [2.05, 4.69) is 15.6 Å². The fraction of sp³-hybridized carbons (Fsp3) is 0.455. The van der Waals surface area contributed by atoms with Gasteiger partial charge in [0.25, 0.3) is 0 Å². The maximum atomic E-state index is 12.1. The Labute approximate surface area is 134 Å². The molecule has 7 nitrogen and oxygen atoms in total. The van der Waals surface area contributed by atoms with Crippen LogP contribution < -0.4 is 15.9 Å². The molecule has 1 fully saturated rings. The first kappa shape index (κ1) is 17.6. The molecule has 1 aromatic rings. The van der Waals surface area contributed by atoms with E-state index < -0.39 is 16.2 Å². The van der Waals surface area contributed by atoms with Gasteiger partial charge in [-0.3, -0.25) is 0 Å². The first-order chi connectivity index (χ1) is 9.01. The van der Waals surface area contributed by atoms with Gasteiger partial charge in [-0.25, -0.2) is 8.42 Å². The Morgan fingerprint density at radius 2 is 2.00 bits per heavy atom. The summed E-state index contributed by atoms with van der Waals surface area (Å²) in [6, 6.07) is 6.04. The number of hydrogen-bond donors (Lipinski definition) is 3. The van der Waals surface area contributed by atoms with Crippen LogP contribution in [0.3, 0.4) is 0 Å². The number of nitrogen functional groups attached to an aromatic ring is 1. The van der Waals surface area contributed by atoms with E-state index in [1.165, 1.54) is 12.1 Å². The molecular weight excluding hydrogens is 376 g/mol. The number of methoxy groups -OCH3 is 1. The van der Waals surface area contributed by atoms with Crippen LogP contribution in [0.4, 0.5) is 5.69 Å². The van der Waals surface area contributed by atoms with E-state index in [9.17, 15) is 8.42 Å². The normalized spacial score (nSPS) is 23.1. The zero-order valence-corrected chi connectivity index (χ0v) is 13.1. The summed E-state index contributed by atoms with van der Waals surface area (Å²) in [7, 11) is -2.01. The van der Waals surface area contributed by atoms with Crippen molar-refractivity contribution in [2.24, 2.45) is 0 Å². The molecule has 0 spiro atoms. The third kappa shape index (κ3) is 4.54. The van der Waals surface area contributed by atoms with Gasteiger partial charge in [0.1, 0.15) is 0 Å². The standard InChI is InChI=1S/C11H17N4O3S.Ag/c1-18-11-7-6-10(13-14-11)15-19(16,17)9-4-2-8(12)3-5-9;/h2-5,10-11,13,15H,6-7,12H2,1H3;/q-1;+1. The molecule has 0 amide bonds. The Bertz CT molecular complexity index is 515. The van der Waals surface area contributed by atoms with Crippen molar-refractivity contribution < 1.29 is 35.5 Å². The Morgan fingerprint density at radius 1 is 1.35 bits per heavy atom. The Kier molecular flexibility index (Phi) is 6.62. The largest absolute Gasteiger partial charge is 1.00 e. The Hall–Kier alpha value is -0.450. The molecular formula is C11H17AgN4O3S. The molecule has 2 atom stereocenters. The maximum Gasteiger partial charge on any atom is 1.00 e. The fourth-order valence-electron chi connectivity index (χ4n) is 1.77. The third-order valence-electron chi connectivity index (χ3n) is 2.84. The quantitative estimate of drug-likeness (QED) is 0.511. The zero-order chi connectivity index (χ0) is 13.9. The van der Waals surface area contributed by atoms with Crippen LogP contribution in [0.2, 0.25) is 0 Å². The maximum absolute atomic E-state index is 12.1. The van der Waals surface area contributed by atoms with Gasteiger partial charge < -0.3 is 21.3 Å². The van der Waals surface area contributed by atoms with E-state index in [4.69, 9.17) is 10.5 Å². The number of nitrogens with one attached hydrogen (secondary N) is 2. The first-order valence-electron chi connectivity index (χ1n) is 5.87. The number of benzene rings is 1. The van der Waals surface area contributed by atoms with Crippen molar-refractivity contribution in [3.63, 3.8) is 0 Å². The molecule has 2 rings (SSSR count). The van der Waals surface area contributed by atoms with Gasteiger partial charge in [-0.2, -0.15) is 4.72 Å². The van der Waals surface area contributed by atoms with E-state index in [0.717, 1.165) is 0 Å². The van der Waals surface area contributed by atoms with Crippen LogP contribution in [0.15, 0.2) is 29.2 Å². The van der Waals surface area contributed by atoms with Crippen LogP contribution in [0, 0.1) is 0 Å². The SMILES string of the molecule is COC1CCC(NS(=O)(=O)c2ccc(N)cc2)N[N-]1.[Ag+]. The van der Waals surface area contributed by atoms with Crippen LogP contribution in [0.1, 0.15) is 12.8 Å². The molecule has 1 aromatic carbocycles. The van der Waals surface area contributed by atoms with Crippen LogP contribution >= 0.6 is 0 Å². The number of rotatable bonds is 4. The zero-order valence-electron chi connectivity index (χ0n) is 10.8. The van der Waals surface area contributed by atoms with Crippen LogP contribution in [-0.2, 0) is 37.1 Å². The average Bonchev–Trinajstić information content (AvgIpc) is 2.40. The van der Waals surface area contributed by atoms with Crippen molar-refractivity contribution in [2.45, 2.75) is 30.1 Å². The topological polar surface area (TPSA) is 108 Å². The smallest absolute Gasteiger partial charge is 0.570 e. The van der Waals surface area contributed by atoms with Gasteiger partial charge in [0.15, 0.2) is 0 Å². The van der Waals surface area contributed by atoms with Gasteiger partial charge in [-0.05, 0) is 43.3 Å². The van der Waals surface area contributed by atoms with E-state index >= 15 is 0 Å². The summed E-state index contributed by atoms with van der Waals surface area (Å²) in [5.41, 5.74) is 12.8. The minimum atomic E-state index is -3.57. The molecule has 1 aliphatic heterocycles. The van der Waals surface area contributed by atoms with Crippen molar-refractivity contribution in [3.8, 4) is 0 Å². The van der Waals surface area contributed by atoms with Crippen molar-refractivity contribution in [2.75, 3.05) is 12.8 Å². The predicted molar refractivity (Wildman–Crippen MR) is 71.5 cm³/mol. The average molecular weight is 393 g/mol. The van der Waals surface area contributed by atoms with Gasteiger partial charge in [0.2, 0.25) is 10.0 Å².